The van der Waals surface area contributed by atoms with Gasteiger partial charge in [-0.05, 0) is 27.2 Å². The van der Waals surface area contributed by atoms with Crippen LogP contribution in [0.5, 0.6) is 0 Å². The minimum atomic E-state index is 0.794. The molecule has 0 spiro atoms. The first-order chi connectivity index (χ1) is 7.27. The van der Waals surface area contributed by atoms with Crippen LogP contribution < -0.4 is 5.32 Å². The number of hydrogen-bond acceptors (Lipinski definition) is 3. The standard InChI is InChI=1S/C11H21N3O/c1-4-14-9-10(3)13-11(14)12-7-6-8-15-5-2/h9H,4-8H2,1-3H3,(H,12,13). The highest BCUT2D eigenvalue weighted by molar-refractivity contribution is 5.28. The number of ether oxygens (including phenoxy) is 1. The maximum atomic E-state index is 5.27. The largest absolute Gasteiger partial charge is 0.382 e. The minimum absolute atomic E-state index is 0.794. The molecule has 0 unspecified atom stereocenters. The first-order valence-electron chi connectivity index (χ1n) is 5.63. The summed E-state index contributed by atoms with van der Waals surface area (Å²) >= 11 is 0. The van der Waals surface area contributed by atoms with E-state index in [2.05, 4.69) is 28.0 Å². The van der Waals surface area contributed by atoms with E-state index in [-0.39, 0.29) is 0 Å². The molecule has 0 saturated carbocycles. The summed E-state index contributed by atoms with van der Waals surface area (Å²) < 4.78 is 7.39. The third-order valence-corrected chi connectivity index (χ3v) is 2.19. The Labute approximate surface area is 91.7 Å². The van der Waals surface area contributed by atoms with Gasteiger partial charge in [-0.3, -0.25) is 0 Å². The molecule has 1 aromatic rings. The predicted molar refractivity (Wildman–Crippen MR) is 62.2 cm³/mol. The van der Waals surface area contributed by atoms with Crippen LogP contribution in [0.4, 0.5) is 5.95 Å². The first kappa shape index (κ1) is 12.0. The van der Waals surface area contributed by atoms with E-state index in [1.54, 1.807) is 0 Å². The molecule has 0 aliphatic carbocycles. The molecule has 0 bridgehead atoms. The van der Waals surface area contributed by atoms with Crippen molar-refractivity contribution >= 4 is 5.95 Å². The van der Waals surface area contributed by atoms with Crippen LogP contribution >= 0.6 is 0 Å². The second-order valence-corrected chi connectivity index (χ2v) is 3.47. The van der Waals surface area contributed by atoms with Gasteiger partial charge in [-0.15, -0.1) is 0 Å². The van der Waals surface area contributed by atoms with Gasteiger partial charge in [-0.25, -0.2) is 4.98 Å². The number of nitrogens with one attached hydrogen (secondary N) is 1. The van der Waals surface area contributed by atoms with E-state index < -0.39 is 0 Å². The zero-order chi connectivity index (χ0) is 11.1. The fourth-order valence-corrected chi connectivity index (χ4v) is 1.45. The molecule has 0 fully saturated rings. The van der Waals surface area contributed by atoms with Crippen molar-refractivity contribution in [2.75, 3.05) is 25.1 Å². The maximum absolute atomic E-state index is 5.27. The van der Waals surface area contributed by atoms with Gasteiger partial charge in [0.05, 0.1) is 5.69 Å². The average Bonchev–Trinajstić information content (AvgIpc) is 2.59. The Morgan fingerprint density at radius 2 is 2.27 bits per heavy atom. The quantitative estimate of drug-likeness (QED) is 0.702. The molecule has 0 radical (unpaired) electrons. The van der Waals surface area contributed by atoms with Crippen molar-refractivity contribution in [3.63, 3.8) is 0 Å². The Morgan fingerprint density at radius 3 is 2.93 bits per heavy atom. The number of aryl methyl sites for hydroxylation is 2. The van der Waals surface area contributed by atoms with Crippen molar-refractivity contribution in [3.05, 3.63) is 11.9 Å². The molecule has 1 rings (SSSR count). The molecule has 1 heterocycles. The van der Waals surface area contributed by atoms with Crippen LogP contribution in [0.25, 0.3) is 0 Å². The van der Waals surface area contributed by atoms with E-state index in [1.807, 2.05) is 13.8 Å². The lowest BCUT2D eigenvalue weighted by atomic mass is 10.4. The van der Waals surface area contributed by atoms with Crippen LogP contribution in [0.15, 0.2) is 6.20 Å². The highest BCUT2D eigenvalue weighted by atomic mass is 16.5. The van der Waals surface area contributed by atoms with Gasteiger partial charge in [-0.1, -0.05) is 0 Å². The lowest BCUT2D eigenvalue weighted by molar-refractivity contribution is 0.147. The lowest BCUT2D eigenvalue weighted by Gasteiger charge is -2.07. The molecule has 0 saturated heterocycles. The van der Waals surface area contributed by atoms with Gasteiger partial charge in [0.25, 0.3) is 0 Å². The Hall–Kier alpha value is -1.03. The first-order valence-corrected chi connectivity index (χ1v) is 5.63. The molecule has 4 nitrogen and oxygen atoms in total. The molecule has 1 N–H and O–H groups in total. The second-order valence-electron chi connectivity index (χ2n) is 3.47. The minimum Gasteiger partial charge on any atom is -0.382 e. The Morgan fingerprint density at radius 1 is 1.47 bits per heavy atom. The SMILES string of the molecule is CCOCCCNc1nc(C)cn1CC. The summed E-state index contributed by atoms with van der Waals surface area (Å²) in [5, 5.41) is 3.32. The Bertz CT molecular complexity index is 283. The number of aromatic nitrogens is 2. The predicted octanol–water partition coefficient (Wildman–Crippen LogP) is 2.05. The molecule has 0 amide bonds. The molecule has 0 atom stereocenters. The fourth-order valence-electron chi connectivity index (χ4n) is 1.45. The van der Waals surface area contributed by atoms with Crippen LogP contribution in [0.2, 0.25) is 0 Å². The van der Waals surface area contributed by atoms with Gasteiger partial charge in [0.1, 0.15) is 0 Å². The summed E-state index contributed by atoms with van der Waals surface area (Å²) in [7, 11) is 0. The molecular weight excluding hydrogens is 190 g/mol. The molecule has 0 aromatic carbocycles. The summed E-state index contributed by atoms with van der Waals surface area (Å²) in [6.07, 6.45) is 3.08. The molecule has 0 aliphatic rings. The van der Waals surface area contributed by atoms with Crippen molar-refractivity contribution < 1.29 is 4.74 Å². The zero-order valence-corrected chi connectivity index (χ0v) is 9.92. The molecule has 4 heteroatoms. The number of rotatable bonds is 7. The van der Waals surface area contributed by atoms with Crippen LogP contribution in [-0.2, 0) is 11.3 Å². The number of imidazole rings is 1. The topological polar surface area (TPSA) is 39.1 Å². The highest BCUT2D eigenvalue weighted by Crippen LogP contribution is 2.07. The summed E-state index contributed by atoms with van der Waals surface area (Å²) in [5.41, 5.74) is 1.06. The van der Waals surface area contributed by atoms with E-state index in [1.165, 1.54) is 0 Å². The Kier molecular flexibility index (Phi) is 5.18. The van der Waals surface area contributed by atoms with Gasteiger partial charge in [0.2, 0.25) is 5.95 Å². The van der Waals surface area contributed by atoms with Gasteiger partial charge in [-0.2, -0.15) is 0 Å². The van der Waals surface area contributed by atoms with Crippen molar-refractivity contribution in [1.82, 2.24) is 9.55 Å². The normalized spacial score (nSPS) is 10.6. The molecule has 0 aliphatic heterocycles. The van der Waals surface area contributed by atoms with Gasteiger partial charge < -0.3 is 14.6 Å². The fraction of sp³-hybridized carbons (Fsp3) is 0.727. The molecule has 15 heavy (non-hydrogen) atoms. The van der Waals surface area contributed by atoms with Gasteiger partial charge in [0, 0.05) is 32.5 Å². The molecule has 1 aromatic heterocycles. The monoisotopic (exact) mass is 211 g/mol. The Balaban J connectivity index is 2.30. The van der Waals surface area contributed by atoms with Gasteiger partial charge in [0.15, 0.2) is 0 Å². The van der Waals surface area contributed by atoms with Gasteiger partial charge >= 0.3 is 0 Å². The van der Waals surface area contributed by atoms with Crippen LogP contribution in [0, 0.1) is 6.92 Å². The smallest absolute Gasteiger partial charge is 0.203 e. The molecule has 86 valence electrons. The summed E-state index contributed by atoms with van der Waals surface area (Å²) in [6, 6.07) is 0. The van der Waals surface area contributed by atoms with Crippen LogP contribution in [0.3, 0.4) is 0 Å². The van der Waals surface area contributed by atoms with Crippen LogP contribution in [0.1, 0.15) is 26.0 Å². The number of anilines is 1. The zero-order valence-electron chi connectivity index (χ0n) is 9.92. The van der Waals surface area contributed by atoms with Crippen molar-refractivity contribution in [3.8, 4) is 0 Å². The van der Waals surface area contributed by atoms with Crippen molar-refractivity contribution in [2.24, 2.45) is 0 Å². The third-order valence-electron chi connectivity index (χ3n) is 2.19. The van der Waals surface area contributed by atoms with E-state index in [9.17, 15) is 0 Å². The van der Waals surface area contributed by atoms with E-state index >= 15 is 0 Å². The van der Waals surface area contributed by atoms with Crippen molar-refractivity contribution in [2.45, 2.75) is 33.7 Å². The maximum Gasteiger partial charge on any atom is 0.203 e. The number of nitrogens with zero attached hydrogens (tertiary/aromatic N) is 2. The highest BCUT2D eigenvalue weighted by Gasteiger charge is 2.02. The van der Waals surface area contributed by atoms with Crippen LogP contribution in [-0.4, -0.2) is 29.3 Å². The average molecular weight is 211 g/mol. The second kappa shape index (κ2) is 6.45. The number of hydrogen-bond donors (Lipinski definition) is 1. The third kappa shape index (κ3) is 3.91. The van der Waals surface area contributed by atoms with E-state index in [4.69, 9.17) is 4.74 Å². The summed E-state index contributed by atoms with van der Waals surface area (Å²) in [5.74, 6) is 0.964. The van der Waals surface area contributed by atoms with Crippen molar-refractivity contribution in [1.29, 1.82) is 0 Å². The summed E-state index contributed by atoms with van der Waals surface area (Å²) in [6.45, 7) is 9.62. The molecular formula is C11H21N3O. The van der Waals surface area contributed by atoms with E-state index in [0.29, 0.717) is 0 Å². The van der Waals surface area contributed by atoms with E-state index in [0.717, 1.165) is 44.4 Å². The summed E-state index contributed by atoms with van der Waals surface area (Å²) in [4.78, 5) is 4.41. The lowest BCUT2D eigenvalue weighted by Crippen LogP contribution is -2.10.